The van der Waals surface area contributed by atoms with Crippen LogP contribution in [0.25, 0.3) is 17.0 Å². The van der Waals surface area contributed by atoms with E-state index < -0.39 is 4.92 Å². The molecule has 0 spiro atoms. The summed E-state index contributed by atoms with van der Waals surface area (Å²) in [6.07, 6.45) is 3.75. The van der Waals surface area contributed by atoms with Gasteiger partial charge in [0.1, 0.15) is 23.9 Å². The van der Waals surface area contributed by atoms with Crippen LogP contribution in [0.2, 0.25) is 0 Å². The van der Waals surface area contributed by atoms with Crippen molar-refractivity contribution in [3.8, 4) is 17.2 Å². The summed E-state index contributed by atoms with van der Waals surface area (Å²) >= 11 is 0. The first-order valence-electron chi connectivity index (χ1n) is 11.1. The van der Waals surface area contributed by atoms with Crippen molar-refractivity contribution in [3.63, 3.8) is 0 Å². The smallest absolute Gasteiger partial charge is 0.269 e. The van der Waals surface area contributed by atoms with Crippen molar-refractivity contribution in [2.75, 3.05) is 7.11 Å². The summed E-state index contributed by atoms with van der Waals surface area (Å²) in [4.78, 5) is 23.3. The van der Waals surface area contributed by atoms with Crippen LogP contribution >= 0.6 is 0 Å². The monoisotopic (exact) mass is 470 g/mol. The van der Waals surface area contributed by atoms with Crippen LogP contribution in [0.3, 0.4) is 0 Å². The van der Waals surface area contributed by atoms with Gasteiger partial charge in [0.2, 0.25) is 5.78 Å². The van der Waals surface area contributed by atoms with Gasteiger partial charge in [0.25, 0.3) is 5.69 Å². The summed E-state index contributed by atoms with van der Waals surface area (Å²) in [5.74, 6) is 1.75. The van der Waals surface area contributed by atoms with E-state index in [1.807, 2.05) is 24.4 Å². The van der Waals surface area contributed by atoms with Gasteiger partial charge in [-0.15, -0.1) is 0 Å². The topological polar surface area (TPSA) is 92.8 Å². The Morgan fingerprint density at radius 1 is 1.06 bits per heavy atom. The van der Waals surface area contributed by atoms with Crippen LogP contribution in [-0.2, 0) is 13.2 Å². The lowest BCUT2D eigenvalue weighted by Gasteiger charge is -2.07. The van der Waals surface area contributed by atoms with E-state index in [2.05, 4.69) is 11.5 Å². The quantitative estimate of drug-likeness (QED) is 0.193. The maximum atomic E-state index is 13.0. The van der Waals surface area contributed by atoms with Crippen molar-refractivity contribution >= 4 is 28.4 Å². The number of hydrogen-bond donors (Lipinski definition) is 0. The van der Waals surface area contributed by atoms with Crippen molar-refractivity contribution in [3.05, 3.63) is 99.4 Å². The first-order chi connectivity index (χ1) is 17.0. The maximum absolute atomic E-state index is 13.0. The molecule has 0 saturated carbocycles. The van der Waals surface area contributed by atoms with E-state index in [0.29, 0.717) is 17.1 Å². The van der Waals surface area contributed by atoms with Crippen LogP contribution in [0.4, 0.5) is 5.69 Å². The van der Waals surface area contributed by atoms with E-state index in [9.17, 15) is 14.9 Å². The highest BCUT2D eigenvalue weighted by Gasteiger charge is 2.28. The number of methoxy groups -OCH3 is 1. The van der Waals surface area contributed by atoms with Gasteiger partial charge in [-0.25, -0.2) is 0 Å². The van der Waals surface area contributed by atoms with E-state index >= 15 is 0 Å². The lowest BCUT2D eigenvalue weighted by atomic mass is 10.1. The first kappa shape index (κ1) is 22.2. The Labute approximate surface area is 201 Å². The van der Waals surface area contributed by atoms with E-state index in [1.165, 1.54) is 12.1 Å². The number of carbonyl (C=O) groups excluding carboxylic acids is 1. The number of hydrogen-bond acceptors (Lipinski definition) is 6. The number of ketones is 1. The molecule has 35 heavy (non-hydrogen) atoms. The van der Waals surface area contributed by atoms with Gasteiger partial charge in [0.05, 0.1) is 17.6 Å². The molecule has 0 radical (unpaired) electrons. The number of aryl methyl sites for hydroxylation is 1. The number of nitro groups is 1. The number of nitrogens with zero attached hydrogens (tertiary/aromatic N) is 2. The Hall–Kier alpha value is -4.59. The SMILES string of the molecule is CCn1cc(/C=C2\Oc3cc(OCc4ccc([N+](=O)[O-])cc4)ccc3C2=O)c2cc(OC)ccc21. The summed E-state index contributed by atoms with van der Waals surface area (Å²) in [6, 6.07) is 17.1. The molecule has 0 N–H and O–H groups in total. The minimum atomic E-state index is -0.443. The van der Waals surface area contributed by atoms with Gasteiger partial charge in [0.15, 0.2) is 5.76 Å². The number of aromatic nitrogens is 1. The van der Waals surface area contributed by atoms with Crippen molar-refractivity contribution in [2.45, 2.75) is 20.1 Å². The van der Waals surface area contributed by atoms with Crippen molar-refractivity contribution in [1.29, 1.82) is 0 Å². The molecule has 0 fully saturated rings. The molecule has 0 bridgehead atoms. The summed E-state index contributed by atoms with van der Waals surface area (Å²) in [5, 5.41) is 11.8. The fourth-order valence-electron chi connectivity index (χ4n) is 4.09. The number of rotatable bonds is 7. The summed E-state index contributed by atoms with van der Waals surface area (Å²) < 4.78 is 19.2. The molecule has 1 aliphatic heterocycles. The minimum Gasteiger partial charge on any atom is -0.497 e. The Bertz CT molecular complexity index is 1480. The second-order valence-corrected chi connectivity index (χ2v) is 8.06. The van der Waals surface area contributed by atoms with Crippen molar-refractivity contribution < 1.29 is 23.9 Å². The molecule has 4 aromatic rings. The van der Waals surface area contributed by atoms with Gasteiger partial charge in [0, 0.05) is 47.4 Å². The highest BCUT2D eigenvalue weighted by atomic mass is 16.6. The molecule has 176 valence electrons. The summed E-state index contributed by atoms with van der Waals surface area (Å²) in [7, 11) is 1.62. The van der Waals surface area contributed by atoms with Crippen LogP contribution in [-0.4, -0.2) is 22.4 Å². The second kappa shape index (κ2) is 8.98. The van der Waals surface area contributed by atoms with Crippen LogP contribution in [0.1, 0.15) is 28.4 Å². The molecular formula is C27H22N2O6. The highest BCUT2D eigenvalue weighted by molar-refractivity contribution is 6.15. The second-order valence-electron chi connectivity index (χ2n) is 8.06. The molecule has 2 heterocycles. The molecule has 8 nitrogen and oxygen atoms in total. The van der Waals surface area contributed by atoms with Crippen LogP contribution < -0.4 is 14.2 Å². The highest BCUT2D eigenvalue weighted by Crippen LogP contribution is 2.36. The minimum absolute atomic E-state index is 0.0259. The normalized spacial score (nSPS) is 13.7. The molecule has 0 atom stereocenters. The van der Waals surface area contributed by atoms with Crippen LogP contribution in [0.5, 0.6) is 17.2 Å². The molecule has 8 heteroatoms. The predicted octanol–water partition coefficient (Wildman–Crippen LogP) is 5.77. The van der Waals surface area contributed by atoms with Gasteiger partial charge in [-0.3, -0.25) is 14.9 Å². The van der Waals surface area contributed by atoms with E-state index in [1.54, 1.807) is 43.5 Å². The Morgan fingerprint density at radius 2 is 1.83 bits per heavy atom. The zero-order chi connectivity index (χ0) is 24.5. The number of ether oxygens (including phenoxy) is 3. The van der Waals surface area contributed by atoms with E-state index in [-0.39, 0.29) is 23.8 Å². The third-order valence-corrected chi connectivity index (χ3v) is 5.94. The third-order valence-electron chi connectivity index (χ3n) is 5.94. The lowest BCUT2D eigenvalue weighted by molar-refractivity contribution is -0.384. The maximum Gasteiger partial charge on any atom is 0.269 e. The van der Waals surface area contributed by atoms with Crippen LogP contribution in [0, 0.1) is 10.1 Å². The van der Waals surface area contributed by atoms with E-state index in [0.717, 1.165) is 34.3 Å². The first-order valence-corrected chi connectivity index (χ1v) is 11.1. The Balaban J connectivity index is 1.37. The van der Waals surface area contributed by atoms with Gasteiger partial charge in [-0.1, -0.05) is 0 Å². The average molecular weight is 470 g/mol. The van der Waals surface area contributed by atoms with Crippen molar-refractivity contribution in [2.24, 2.45) is 0 Å². The Kier molecular flexibility index (Phi) is 5.70. The molecule has 1 aliphatic rings. The van der Waals surface area contributed by atoms with Crippen molar-refractivity contribution in [1.82, 2.24) is 4.57 Å². The zero-order valence-corrected chi connectivity index (χ0v) is 19.2. The average Bonchev–Trinajstić information content (AvgIpc) is 3.39. The van der Waals surface area contributed by atoms with Gasteiger partial charge < -0.3 is 18.8 Å². The molecule has 5 rings (SSSR count). The lowest BCUT2D eigenvalue weighted by Crippen LogP contribution is -1.98. The van der Waals surface area contributed by atoms with Gasteiger partial charge >= 0.3 is 0 Å². The number of fused-ring (bicyclic) bond motifs is 2. The van der Waals surface area contributed by atoms with Gasteiger partial charge in [-0.05, 0) is 61.0 Å². The number of allylic oxidation sites excluding steroid dienone is 1. The van der Waals surface area contributed by atoms with Gasteiger partial charge in [-0.2, -0.15) is 0 Å². The molecule has 0 amide bonds. The zero-order valence-electron chi connectivity index (χ0n) is 19.2. The van der Waals surface area contributed by atoms with E-state index in [4.69, 9.17) is 14.2 Å². The molecule has 3 aromatic carbocycles. The number of nitro benzene ring substituents is 1. The number of non-ortho nitro benzene ring substituents is 1. The molecule has 0 aliphatic carbocycles. The molecular weight excluding hydrogens is 448 g/mol. The largest absolute Gasteiger partial charge is 0.497 e. The molecule has 1 aromatic heterocycles. The molecule has 0 saturated heterocycles. The standard InChI is InChI=1S/C27H22N2O6/c1-3-28-15-18(23-13-20(33-2)9-11-24(23)28)12-26-27(30)22-10-8-21(14-25(22)35-26)34-16-17-4-6-19(7-5-17)29(31)32/h4-15H,3,16H2,1-2H3/b26-12-. The molecule has 0 unspecified atom stereocenters. The third kappa shape index (κ3) is 4.21. The predicted molar refractivity (Wildman–Crippen MR) is 131 cm³/mol. The van der Waals surface area contributed by atoms with Crippen LogP contribution in [0.15, 0.2) is 72.6 Å². The fourth-order valence-corrected chi connectivity index (χ4v) is 4.09. The number of carbonyl (C=O) groups is 1. The number of benzene rings is 3. The fraction of sp³-hybridized carbons (Fsp3) is 0.148. The summed E-state index contributed by atoms with van der Waals surface area (Å²) in [5.41, 5.74) is 3.20. The summed E-state index contributed by atoms with van der Waals surface area (Å²) in [6.45, 7) is 3.08. The Morgan fingerprint density at radius 3 is 2.54 bits per heavy atom. The number of Topliss-reactive ketones (excluding diaryl/α,β-unsaturated/α-hetero) is 1.